The number of unbranched alkanes of at least 4 members (excludes halogenated alkanes) is 6. The van der Waals surface area contributed by atoms with E-state index in [1.807, 2.05) is 0 Å². The van der Waals surface area contributed by atoms with Crippen molar-refractivity contribution in [2.75, 3.05) is 0 Å². The number of nitrogens with one attached hydrogen (secondary N) is 4. The molecule has 4 N–H and O–H groups in total. The maximum Gasteiger partial charge on any atom is 0.0600 e. The Balaban J connectivity index is 1.60. The Hall–Kier alpha value is -1.21. The van der Waals surface area contributed by atoms with Gasteiger partial charge in [0.1, 0.15) is 0 Å². The zero-order chi connectivity index (χ0) is 25.1. The minimum Gasteiger partial charge on any atom is -0.354 e. The van der Waals surface area contributed by atoms with E-state index >= 15 is 0 Å². The fourth-order valence-electron chi connectivity index (χ4n) is 4.81. The summed E-state index contributed by atoms with van der Waals surface area (Å²) in [6.45, 7) is 2.28. The number of aromatic amines is 4. The first-order chi connectivity index (χ1) is 17.5. The average Bonchev–Trinajstić information content (AvgIpc) is 3.69. The van der Waals surface area contributed by atoms with Crippen molar-refractivity contribution in [3.8, 4) is 0 Å². The lowest BCUT2D eigenvalue weighted by Crippen LogP contribution is -2.16. The molecule has 188 valence electrons. The standard InChI is InChI=1S/C29H31I3N4/c1-2-3-4-5-6-7-8-9-18-19-10-12-21(33-19)27(30)23-14-16-25(35-23)29(32)26-17-15-24(36-26)28(31)22-13-11-20(18)34-22/h10-17,33-36H,2-9H2,1H3. The van der Waals surface area contributed by atoms with E-state index in [0.717, 1.165) is 39.5 Å². The van der Waals surface area contributed by atoms with Crippen LogP contribution in [0.25, 0.3) is 16.3 Å². The molecule has 0 unspecified atom stereocenters. The zero-order valence-electron chi connectivity index (χ0n) is 20.4. The molecule has 0 radical (unpaired) electrons. The molecule has 0 atom stereocenters. The normalized spacial score (nSPS) is 13.7. The topological polar surface area (TPSA) is 63.2 Å². The van der Waals surface area contributed by atoms with Gasteiger partial charge in [0.05, 0.1) is 43.9 Å². The van der Waals surface area contributed by atoms with E-state index in [4.69, 9.17) is 0 Å². The van der Waals surface area contributed by atoms with Crippen molar-refractivity contribution >= 4 is 84.1 Å². The lowest BCUT2D eigenvalue weighted by atomic mass is 10.0. The Bertz CT molecular complexity index is 1600. The summed E-state index contributed by atoms with van der Waals surface area (Å²) < 4.78 is 3.56. The van der Waals surface area contributed by atoms with E-state index in [-0.39, 0.29) is 0 Å². The third-order valence-electron chi connectivity index (χ3n) is 6.84. The molecule has 0 saturated heterocycles. The Kier molecular flexibility index (Phi) is 8.87. The van der Waals surface area contributed by atoms with Crippen molar-refractivity contribution in [1.29, 1.82) is 0 Å². The van der Waals surface area contributed by atoms with Crippen LogP contribution in [-0.4, -0.2) is 19.9 Å². The number of hydrogen-bond donors (Lipinski definition) is 4. The van der Waals surface area contributed by atoms with Crippen LogP contribution in [0.1, 0.15) is 81.1 Å². The van der Waals surface area contributed by atoms with Crippen LogP contribution in [0.5, 0.6) is 0 Å². The summed E-state index contributed by atoms with van der Waals surface area (Å²) in [4.78, 5) is 14.7. The van der Waals surface area contributed by atoms with Crippen LogP contribution < -0.4 is 21.4 Å². The van der Waals surface area contributed by atoms with Crippen LogP contribution in [0.4, 0.5) is 0 Å². The molecule has 1 aliphatic rings. The number of rotatable bonds is 8. The highest BCUT2D eigenvalue weighted by Crippen LogP contribution is 2.25. The van der Waals surface area contributed by atoms with E-state index in [0.29, 0.717) is 0 Å². The van der Waals surface area contributed by atoms with Gasteiger partial charge in [0, 0.05) is 11.0 Å². The predicted molar refractivity (Wildman–Crippen MR) is 176 cm³/mol. The third-order valence-corrected chi connectivity index (χ3v) is 10.3. The molecule has 0 amide bonds. The SMILES string of the molecule is CCCCCCCCCC1=c2ccc([nH]2)=C(I)c2ccc([nH]2)C(I)=c2ccc([nH]2)=C(I)c2ccc1[nH]2. The van der Waals surface area contributed by atoms with Gasteiger partial charge < -0.3 is 19.9 Å². The number of halogens is 3. The van der Waals surface area contributed by atoms with E-state index in [1.165, 1.54) is 72.3 Å². The lowest BCUT2D eigenvalue weighted by molar-refractivity contribution is 0.593. The molecule has 0 saturated carbocycles. The monoisotopic (exact) mass is 816 g/mol. The molecule has 0 fully saturated rings. The van der Waals surface area contributed by atoms with E-state index < -0.39 is 0 Å². The minimum atomic E-state index is 1.06. The van der Waals surface area contributed by atoms with Crippen LogP contribution in [0.2, 0.25) is 0 Å². The number of aromatic nitrogens is 4. The number of fused-ring (bicyclic) bond motifs is 8. The molecular formula is C29H31I3N4. The molecule has 0 spiro atoms. The van der Waals surface area contributed by atoms with Crippen LogP contribution in [0, 0.1) is 0 Å². The molecule has 4 aromatic rings. The highest BCUT2D eigenvalue weighted by atomic mass is 127. The Morgan fingerprint density at radius 2 is 0.889 bits per heavy atom. The summed E-state index contributed by atoms with van der Waals surface area (Å²) in [5.41, 5.74) is 5.96. The molecule has 0 aliphatic carbocycles. The number of H-pyrrole nitrogens is 4. The van der Waals surface area contributed by atoms with Gasteiger partial charge >= 0.3 is 0 Å². The molecule has 5 heterocycles. The quantitative estimate of drug-likeness (QED) is 0.117. The molecule has 1 aliphatic heterocycles. The van der Waals surface area contributed by atoms with Crippen molar-refractivity contribution in [1.82, 2.24) is 19.9 Å². The lowest BCUT2D eigenvalue weighted by Gasteiger charge is -2.06. The van der Waals surface area contributed by atoms with Gasteiger partial charge in [-0.15, -0.1) is 0 Å². The van der Waals surface area contributed by atoms with Crippen LogP contribution in [-0.2, 0) is 0 Å². The van der Waals surface area contributed by atoms with E-state index in [1.54, 1.807) is 0 Å². The van der Waals surface area contributed by atoms with Gasteiger partial charge in [0.25, 0.3) is 0 Å². The Labute approximate surface area is 252 Å². The third kappa shape index (κ3) is 5.77. The minimum absolute atomic E-state index is 1.06. The molecule has 4 aromatic heterocycles. The molecule has 0 aromatic carbocycles. The second-order valence-corrected chi connectivity index (χ2v) is 12.7. The smallest absolute Gasteiger partial charge is 0.0600 e. The predicted octanol–water partition coefficient (Wildman–Crippen LogP) is 6.43. The first kappa shape index (κ1) is 26.4. The fraction of sp³-hybridized carbons (Fsp3) is 0.310. The van der Waals surface area contributed by atoms with Crippen molar-refractivity contribution in [3.63, 3.8) is 0 Å². The largest absolute Gasteiger partial charge is 0.354 e. The summed E-state index contributed by atoms with van der Waals surface area (Å²) >= 11 is 7.34. The first-order valence-electron chi connectivity index (χ1n) is 12.8. The second kappa shape index (κ2) is 12.1. The summed E-state index contributed by atoms with van der Waals surface area (Å²) in [5, 5.41) is 4.60. The van der Waals surface area contributed by atoms with Gasteiger partial charge in [0.15, 0.2) is 0 Å². The maximum atomic E-state index is 3.74. The summed E-state index contributed by atoms with van der Waals surface area (Å²) in [5.74, 6) is 0. The van der Waals surface area contributed by atoms with Crippen molar-refractivity contribution in [2.24, 2.45) is 0 Å². The molecule has 4 nitrogen and oxygen atoms in total. The van der Waals surface area contributed by atoms with Gasteiger partial charge in [-0.1, -0.05) is 45.4 Å². The molecule has 8 bridgehead atoms. The van der Waals surface area contributed by atoms with Crippen LogP contribution >= 0.6 is 67.8 Å². The maximum absolute atomic E-state index is 3.74. The summed E-state index contributed by atoms with van der Waals surface area (Å²) in [6.07, 6.45) is 10.3. The van der Waals surface area contributed by atoms with Gasteiger partial charge in [0.2, 0.25) is 0 Å². The highest BCUT2D eigenvalue weighted by Gasteiger charge is 2.12. The van der Waals surface area contributed by atoms with Crippen molar-refractivity contribution in [2.45, 2.75) is 58.3 Å². The van der Waals surface area contributed by atoms with Crippen molar-refractivity contribution < 1.29 is 0 Å². The van der Waals surface area contributed by atoms with Gasteiger partial charge in [-0.25, -0.2) is 0 Å². The van der Waals surface area contributed by atoms with Crippen LogP contribution in [0.15, 0.2) is 48.5 Å². The molecule has 7 heteroatoms. The average molecular weight is 816 g/mol. The molecular weight excluding hydrogens is 785 g/mol. The Morgan fingerprint density at radius 3 is 1.44 bits per heavy atom. The Morgan fingerprint density at radius 1 is 0.472 bits per heavy atom. The number of hydrogen-bond acceptors (Lipinski definition) is 0. The van der Waals surface area contributed by atoms with Crippen LogP contribution in [0.3, 0.4) is 0 Å². The summed E-state index contributed by atoms with van der Waals surface area (Å²) in [7, 11) is 0. The van der Waals surface area contributed by atoms with E-state index in [2.05, 4.69) is 143 Å². The summed E-state index contributed by atoms with van der Waals surface area (Å²) in [6, 6.07) is 17.6. The van der Waals surface area contributed by atoms with Gasteiger partial charge in [-0.05, 0) is 135 Å². The van der Waals surface area contributed by atoms with E-state index in [9.17, 15) is 0 Å². The van der Waals surface area contributed by atoms with Gasteiger partial charge in [-0.3, -0.25) is 0 Å². The molecule has 5 rings (SSSR count). The van der Waals surface area contributed by atoms with Crippen molar-refractivity contribution in [3.05, 3.63) is 92.7 Å². The fourth-order valence-corrected chi connectivity index (χ4v) is 6.70. The zero-order valence-corrected chi connectivity index (χ0v) is 26.9. The first-order valence-corrected chi connectivity index (χ1v) is 16.0. The second-order valence-electron chi connectivity index (χ2n) is 9.43. The highest BCUT2D eigenvalue weighted by molar-refractivity contribution is 14.1. The van der Waals surface area contributed by atoms with Gasteiger partial charge in [-0.2, -0.15) is 0 Å². The molecule has 36 heavy (non-hydrogen) atoms.